The van der Waals surface area contributed by atoms with Crippen molar-refractivity contribution in [2.24, 2.45) is 11.7 Å². The van der Waals surface area contributed by atoms with Crippen LogP contribution in [0.2, 0.25) is 0 Å². The van der Waals surface area contributed by atoms with Crippen molar-refractivity contribution in [2.45, 2.75) is 51.6 Å². The van der Waals surface area contributed by atoms with Gasteiger partial charge in [0.05, 0.1) is 0 Å². The average molecular weight is 290 g/mol. The van der Waals surface area contributed by atoms with Crippen molar-refractivity contribution in [2.75, 3.05) is 6.61 Å². The highest BCUT2D eigenvalue weighted by Crippen LogP contribution is 2.40. The number of benzene rings is 1. The molecule has 1 aliphatic carbocycles. The maximum atomic E-state index is 12.1. The van der Waals surface area contributed by atoms with Crippen molar-refractivity contribution in [3.05, 3.63) is 29.8 Å². The Morgan fingerprint density at radius 2 is 2.19 bits per heavy atom. The van der Waals surface area contributed by atoms with E-state index in [9.17, 15) is 4.79 Å². The SMILES string of the molecule is CCc1cccc(OCC(NC(C)C)(C(N)=O)C2CC2)c1. The van der Waals surface area contributed by atoms with Crippen LogP contribution in [0.25, 0.3) is 0 Å². The molecule has 2 rings (SSSR count). The number of amides is 1. The highest BCUT2D eigenvalue weighted by molar-refractivity contribution is 5.86. The Morgan fingerprint density at radius 1 is 1.48 bits per heavy atom. The van der Waals surface area contributed by atoms with Gasteiger partial charge < -0.3 is 10.5 Å². The molecule has 21 heavy (non-hydrogen) atoms. The Morgan fingerprint density at radius 3 is 2.71 bits per heavy atom. The monoisotopic (exact) mass is 290 g/mol. The summed E-state index contributed by atoms with van der Waals surface area (Å²) in [6, 6.07) is 8.18. The van der Waals surface area contributed by atoms with Gasteiger partial charge in [0.2, 0.25) is 5.91 Å². The molecule has 0 spiro atoms. The standard InChI is InChI=1S/C17H26N2O2/c1-4-13-6-5-7-15(10-13)21-11-17(16(18)20,14-8-9-14)19-12(2)3/h5-7,10,12,14,19H,4,8-9,11H2,1-3H3,(H2,18,20). The summed E-state index contributed by atoms with van der Waals surface area (Å²) in [6.45, 7) is 6.45. The molecule has 1 aliphatic rings. The third kappa shape index (κ3) is 3.76. The van der Waals surface area contributed by atoms with Crippen LogP contribution in [-0.2, 0) is 11.2 Å². The lowest BCUT2D eigenvalue weighted by Crippen LogP contribution is -2.62. The van der Waals surface area contributed by atoms with Gasteiger partial charge in [0.15, 0.2) is 0 Å². The van der Waals surface area contributed by atoms with Gasteiger partial charge in [-0.1, -0.05) is 19.1 Å². The Hall–Kier alpha value is -1.55. The number of primary amides is 1. The fourth-order valence-corrected chi connectivity index (χ4v) is 2.76. The fraction of sp³-hybridized carbons (Fsp3) is 0.588. The molecule has 0 bridgehead atoms. The lowest BCUT2D eigenvalue weighted by molar-refractivity contribution is -0.127. The molecule has 1 unspecified atom stereocenters. The minimum Gasteiger partial charge on any atom is -0.491 e. The van der Waals surface area contributed by atoms with Crippen LogP contribution in [-0.4, -0.2) is 24.1 Å². The molecule has 4 heteroatoms. The van der Waals surface area contributed by atoms with Crippen molar-refractivity contribution in [1.82, 2.24) is 5.32 Å². The molecule has 4 nitrogen and oxygen atoms in total. The van der Waals surface area contributed by atoms with Gasteiger partial charge in [0.1, 0.15) is 17.9 Å². The summed E-state index contributed by atoms with van der Waals surface area (Å²) in [5.74, 6) is 0.767. The second-order valence-electron chi connectivity index (χ2n) is 6.20. The van der Waals surface area contributed by atoms with Crippen LogP contribution < -0.4 is 15.8 Å². The van der Waals surface area contributed by atoms with Gasteiger partial charge >= 0.3 is 0 Å². The number of nitrogens with one attached hydrogen (secondary N) is 1. The summed E-state index contributed by atoms with van der Waals surface area (Å²) in [7, 11) is 0. The minimum absolute atomic E-state index is 0.184. The lowest BCUT2D eigenvalue weighted by Gasteiger charge is -2.33. The van der Waals surface area contributed by atoms with E-state index in [0.717, 1.165) is 25.0 Å². The molecule has 1 aromatic rings. The largest absolute Gasteiger partial charge is 0.491 e. The zero-order valence-electron chi connectivity index (χ0n) is 13.2. The van der Waals surface area contributed by atoms with E-state index in [4.69, 9.17) is 10.5 Å². The number of carbonyl (C=O) groups excluding carboxylic acids is 1. The second kappa shape index (κ2) is 6.48. The Balaban J connectivity index is 2.13. The topological polar surface area (TPSA) is 64.3 Å². The van der Waals surface area contributed by atoms with Crippen LogP contribution in [0, 0.1) is 5.92 Å². The maximum absolute atomic E-state index is 12.1. The van der Waals surface area contributed by atoms with E-state index in [1.165, 1.54) is 5.56 Å². The van der Waals surface area contributed by atoms with Crippen molar-refractivity contribution in [1.29, 1.82) is 0 Å². The zero-order chi connectivity index (χ0) is 15.5. The Kier molecular flexibility index (Phi) is 4.88. The van der Waals surface area contributed by atoms with Crippen molar-refractivity contribution in [3.8, 4) is 5.75 Å². The molecule has 1 saturated carbocycles. The molecule has 0 heterocycles. The predicted octanol–water partition coefficient (Wildman–Crippen LogP) is 2.26. The first-order valence-corrected chi connectivity index (χ1v) is 7.77. The number of hydrogen-bond donors (Lipinski definition) is 2. The first kappa shape index (κ1) is 15.8. The summed E-state index contributed by atoms with van der Waals surface area (Å²) in [4.78, 5) is 12.1. The zero-order valence-corrected chi connectivity index (χ0v) is 13.2. The molecule has 1 fully saturated rings. The van der Waals surface area contributed by atoms with E-state index < -0.39 is 5.54 Å². The minimum atomic E-state index is -0.754. The normalized spacial score (nSPS) is 17.5. The summed E-state index contributed by atoms with van der Waals surface area (Å²) in [5, 5.41) is 3.35. The fourth-order valence-electron chi connectivity index (χ4n) is 2.76. The quantitative estimate of drug-likeness (QED) is 0.772. The van der Waals surface area contributed by atoms with Gasteiger partial charge in [-0.25, -0.2) is 0 Å². The van der Waals surface area contributed by atoms with Gasteiger partial charge in [-0.3, -0.25) is 10.1 Å². The number of ether oxygens (including phenoxy) is 1. The molecule has 1 amide bonds. The first-order chi connectivity index (χ1) is 9.98. The molecule has 0 aliphatic heterocycles. The third-order valence-electron chi connectivity index (χ3n) is 4.03. The lowest BCUT2D eigenvalue weighted by atomic mass is 9.92. The Labute approximate surface area is 127 Å². The molecule has 116 valence electrons. The van der Waals surface area contributed by atoms with Gasteiger partial charge in [0, 0.05) is 6.04 Å². The molecule has 0 radical (unpaired) electrons. The van der Waals surface area contributed by atoms with Crippen LogP contribution in [0.1, 0.15) is 39.2 Å². The van der Waals surface area contributed by atoms with Crippen molar-refractivity contribution in [3.63, 3.8) is 0 Å². The van der Waals surface area contributed by atoms with E-state index in [2.05, 4.69) is 18.3 Å². The molecule has 3 N–H and O–H groups in total. The molecule has 1 aromatic carbocycles. The summed E-state index contributed by atoms with van der Waals surface area (Å²) in [5.41, 5.74) is 6.17. The highest BCUT2D eigenvalue weighted by Gasteiger charge is 2.50. The van der Waals surface area contributed by atoms with Gasteiger partial charge in [0.25, 0.3) is 0 Å². The van der Waals surface area contributed by atoms with Gasteiger partial charge in [-0.05, 0) is 56.7 Å². The van der Waals surface area contributed by atoms with Crippen LogP contribution in [0.4, 0.5) is 0 Å². The van der Waals surface area contributed by atoms with E-state index in [0.29, 0.717) is 6.61 Å². The molecule has 0 aromatic heterocycles. The second-order valence-corrected chi connectivity index (χ2v) is 6.20. The van der Waals surface area contributed by atoms with Crippen LogP contribution >= 0.6 is 0 Å². The number of nitrogens with two attached hydrogens (primary N) is 1. The van der Waals surface area contributed by atoms with Crippen molar-refractivity contribution >= 4 is 5.91 Å². The molecular formula is C17H26N2O2. The van der Waals surface area contributed by atoms with E-state index in [-0.39, 0.29) is 17.9 Å². The first-order valence-electron chi connectivity index (χ1n) is 7.77. The molecular weight excluding hydrogens is 264 g/mol. The van der Waals surface area contributed by atoms with E-state index in [1.807, 2.05) is 32.0 Å². The van der Waals surface area contributed by atoms with Gasteiger partial charge in [-0.2, -0.15) is 0 Å². The summed E-state index contributed by atoms with van der Waals surface area (Å²) < 4.78 is 5.91. The molecule has 0 saturated heterocycles. The van der Waals surface area contributed by atoms with Crippen LogP contribution in [0.3, 0.4) is 0 Å². The summed E-state index contributed by atoms with van der Waals surface area (Å²) in [6.07, 6.45) is 3.02. The smallest absolute Gasteiger partial charge is 0.241 e. The number of aryl methyl sites for hydroxylation is 1. The maximum Gasteiger partial charge on any atom is 0.241 e. The predicted molar refractivity (Wildman–Crippen MR) is 84.2 cm³/mol. The number of rotatable bonds is 8. The third-order valence-corrected chi connectivity index (χ3v) is 4.03. The van der Waals surface area contributed by atoms with E-state index >= 15 is 0 Å². The van der Waals surface area contributed by atoms with Crippen LogP contribution in [0.5, 0.6) is 5.75 Å². The average Bonchev–Trinajstić information content (AvgIpc) is 3.28. The Bertz CT molecular complexity index is 497. The van der Waals surface area contributed by atoms with E-state index in [1.54, 1.807) is 0 Å². The van der Waals surface area contributed by atoms with Crippen molar-refractivity contribution < 1.29 is 9.53 Å². The van der Waals surface area contributed by atoms with Gasteiger partial charge in [-0.15, -0.1) is 0 Å². The molecule has 1 atom stereocenters. The number of carbonyl (C=O) groups is 1. The number of hydrogen-bond acceptors (Lipinski definition) is 3. The summed E-state index contributed by atoms with van der Waals surface area (Å²) >= 11 is 0. The van der Waals surface area contributed by atoms with Crippen LogP contribution in [0.15, 0.2) is 24.3 Å². The highest BCUT2D eigenvalue weighted by atomic mass is 16.5.